The van der Waals surface area contributed by atoms with Crippen LogP contribution >= 0.6 is 0 Å². The van der Waals surface area contributed by atoms with E-state index in [9.17, 15) is 4.79 Å². The maximum Gasteiger partial charge on any atom is 0.126 e. The Morgan fingerprint density at radius 2 is 2.25 bits per heavy atom. The van der Waals surface area contributed by atoms with Crippen molar-refractivity contribution in [1.29, 1.82) is 0 Å². The number of hydrogen-bond acceptors (Lipinski definition) is 1. The van der Waals surface area contributed by atoms with E-state index in [1.807, 2.05) is 0 Å². The molecule has 0 N–H and O–H groups in total. The minimum absolute atomic E-state index is 0.186. The third-order valence-corrected chi connectivity index (χ3v) is 4.06. The molecule has 0 heterocycles. The molecule has 0 saturated heterocycles. The van der Waals surface area contributed by atoms with Gasteiger partial charge in [-0.1, -0.05) is 37.1 Å². The summed E-state index contributed by atoms with van der Waals surface area (Å²) < 4.78 is 0. The zero-order valence-electron chi connectivity index (χ0n) is 11.1. The van der Waals surface area contributed by atoms with Crippen molar-refractivity contribution in [1.82, 2.24) is 0 Å². The zero-order valence-corrected chi connectivity index (χ0v) is 11.1. The van der Waals surface area contributed by atoms with Gasteiger partial charge in [0.25, 0.3) is 0 Å². The number of rotatable bonds is 5. The summed E-state index contributed by atoms with van der Waals surface area (Å²) >= 11 is 0. The topological polar surface area (TPSA) is 17.1 Å². The highest BCUT2D eigenvalue weighted by Gasteiger charge is 2.30. The van der Waals surface area contributed by atoms with Crippen molar-refractivity contribution in [3.8, 4) is 0 Å². The Balaban J connectivity index is 2.89. The van der Waals surface area contributed by atoms with Gasteiger partial charge in [0.15, 0.2) is 0 Å². The second-order valence-corrected chi connectivity index (χ2v) is 5.55. The number of allylic oxidation sites excluding steroid dienone is 3. The van der Waals surface area contributed by atoms with Crippen LogP contribution in [0.1, 0.15) is 53.4 Å². The summed E-state index contributed by atoms with van der Waals surface area (Å²) in [4.78, 5) is 11.2. The summed E-state index contributed by atoms with van der Waals surface area (Å²) in [5, 5.41) is 0. The molecule has 2 atom stereocenters. The molecule has 1 aliphatic rings. The molecule has 0 aliphatic heterocycles. The molecule has 0 radical (unpaired) electrons. The summed E-state index contributed by atoms with van der Waals surface area (Å²) in [7, 11) is 0. The molecule has 0 fully saturated rings. The lowest BCUT2D eigenvalue weighted by atomic mass is 9.78. The molecule has 1 nitrogen and oxygen atoms in total. The summed E-state index contributed by atoms with van der Waals surface area (Å²) in [5.74, 6) is 0.519. The number of carbonyl (C=O) groups is 1. The van der Waals surface area contributed by atoms with Gasteiger partial charge in [-0.3, -0.25) is 0 Å². The monoisotopic (exact) mass is 220 g/mol. The molecule has 0 aromatic rings. The van der Waals surface area contributed by atoms with Gasteiger partial charge in [-0.05, 0) is 39.5 Å². The molecule has 0 amide bonds. The van der Waals surface area contributed by atoms with Crippen LogP contribution in [0.15, 0.2) is 23.3 Å². The molecule has 2 unspecified atom stereocenters. The van der Waals surface area contributed by atoms with Gasteiger partial charge in [-0.2, -0.15) is 0 Å². The molecule has 90 valence electrons. The Hall–Kier alpha value is -0.850. The van der Waals surface area contributed by atoms with Crippen molar-refractivity contribution >= 4 is 6.29 Å². The smallest absolute Gasteiger partial charge is 0.126 e. The van der Waals surface area contributed by atoms with Crippen molar-refractivity contribution in [2.24, 2.45) is 11.3 Å². The highest BCUT2D eigenvalue weighted by Crippen LogP contribution is 2.42. The largest absolute Gasteiger partial charge is 0.303 e. The highest BCUT2D eigenvalue weighted by molar-refractivity contribution is 5.59. The molecule has 1 heteroatoms. The van der Waals surface area contributed by atoms with E-state index in [0.717, 1.165) is 19.1 Å². The van der Waals surface area contributed by atoms with Crippen LogP contribution in [0.25, 0.3) is 0 Å². The van der Waals surface area contributed by atoms with E-state index in [2.05, 4.69) is 34.3 Å². The third-order valence-electron chi connectivity index (χ3n) is 4.06. The van der Waals surface area contributed by atoms with Crippen LogP contribution in [0, 0.1) is 11.3 Å². The van der Waals surface area contributed by atoms with Gasteiger partial charge >= 0.3 is 0 Å². The van der Waals surface area contributed by atoms with Crippen LogP contribution in [0.4, 0.5) is 0 Å². The second-order valence-electron chi connectivity index (χ2n) is 5.55. The first-order chi connectivity index (χ1) is 7.43. The van der Waals surface area contributed by atoms with E-state index >= 15 is 0 Å². The fraction of sp³-hybridized carbons (Fsp3) is 0.667. The minimum Gasteiger partial charge on any atom is -0.303 e. The Labute approximate surface area is 99.6 Å². The number of hydrogen-bond donors (Lipinski definition) is 0. The molecule has 0 aromatic heterocycles. The lowest BCUT2D eigenvalue weighted by molar-refractivity contribution is -0.115. The quantitative estimate of drug-likeness (QED) is 0.499. The minimum atomic E-state index is -0.186. The molecular formula is C15H24O. The second kappa shape index (κ2) is 4.99. The molecule has 0 aromatic carbocycles. The average molecular weight is 220 g/mol. The van der Waals surface area contributed by atoms with Gasteiger partial charge in [0.05, 0.1) is 0 Å². The molecule has 1 rings (SSSR count). The summed E-state index contributed by atoms with van der Waals surface area (Å²) in [6, 6.07) is 0. The maximum atomic E-state index is 11.2. The highest BCUT2D eigenvalue weighted by atomic mass is 16.1. The lowest BCUT2D eigenvalue weighted by Gasteiger charge is -2.26. The van der Waals surface area contributed by atoms with Gasteiger partial charge < -0.3 is 4.79 Å². The average Bonchev–Trinajstić information content (AvgIpc) is 2.60. The van der Waals surface area contributed by atoms with Gasteiger partial charge in [-0.15, -0.1) is 0 Å². The van der Waals surface area contributed by atoms with Crippen LogP contribution in [-0.2, 0) is 4.79 Å². The standard InChI is InChI=1S/C15H24O/c1-6-15(5,10-16)9-14-12(4)7-8-13(14)11(2)3/h10,13H,2,6-9H2,1,3-5H3. The van der Waals surface area contributed by atoms with Crippen LogP contribution in [-0.4, -0.2) is 6.29 Å². The summed E-state index contributed by atoms with van der Waals surface area (Å²) in [6.45, 7) is 12.5. The zero-order chi connectivity index (χ0) is 12.3. The molecular weight excluding hydrogens is 196 g/mol. The van der Waals surface area contributed by atoms with E-state index in [1.54, 1.807) is 0 Å². The predicted molar refractivity (Wildman–Crippen MR) is 69.3 cm³/mol. The van der Waals surface area contributed by atoms with Crippen molar-refractivity contribution in [3.63, 3.8) is 0 Å². The van der Waals surface area contributed by atoms with Crippen LogP contribution in [0.5, 0.6) is 0 Å². The first-order valence-electron chi connectivity index (χ1n) is 6.23. The Bertz CT molecular complexity index is 324. The van der Waals surface area contributed by atoms with Gasteiger partial charge in [0.2, 0.25) is 0 Å². The van der Waals surface area contributed by atoms with Crippen LogP contribution in [0.2, 0.25) is 0 Å². The van der Waals surface area contributed by atoms with Crippen LogP contribution < -0.4 is 0 Å². The van der Waals surface area contributed by atoms with E-state index in [-0.39, 0.29) is 5.41 Å². The van der Waals surface area contributed by atoms with Gasteiger partial charge in [0.1, 0.15) is 6.29 Å². The normalized spacial score (nSPS) is 24.4. The van der Waals surface area contributed by atoms with E-state index < -0.39 is 0 Å². The SMILES string of the molecule is C=C(C)C1CCC(C)=C1CC(C)(C=O)CC. The molecule has 0 spiro atoms. The van der Waals surface area contributed by atoms with Crippen molar-refractivity contribution < 1.29 is 4.79 Å². The Kier molecular flexibility index (Phi) is 4.12. The summed E-state index contributed by atoms with van der Waals surface area (Å²) in [6.07, 6.45) is 5.31. The van der Waals surface area contributed by atoms with Gasteiger partial charge in [0, 0.05) is 11.3 Å². The number of aldehydes is 1. The van der Waals surface area contributed by atoms with Gasteiger partial charge in [-0.25, -0.2) is 0 Å². The maximum absolute atomic E-state index is 11.2. The number of carbonyl (C=O) groups excluding carboxylic acids is 1. The fourth-order valence-corrected chi connectivity index (χ4v) is 2.50. The summed E-state index contributed by atoms with van der Waals surface area (Å²) in [5.41, 5.74) is 4.02. The van der Waals surface area contributed by atoms with Crippen molar-refractivity contribution in [2.75, 3.05) is 0 Å². The third kappa shape index (κ3) is 2.63. The van der Waals surface area contributed by atoms with E-state index in [1.165, 1.54) is 29.6 Å². The first kappa shape index (κ1) is 13.2. The predicted octanol–water partition coefficient (Wildman–Crippen LogP) is 4.29. The lowest BCUT2D eigenvalue weighted by Crippen LogP contribution is -2.20. The van der Waals surface area contributed by atoms with E-state index in [0.29, 0.717) is 5.92 Å². The van der Waals surface area contributed by atoms with Crippen molar-refractivity contribution in [2.45, 2.75) is 53.4 Å². The van der Waals surface area contributed by atoms with E-state index in [4.69, 9.17) is 0 Å². The molecule has 1 aliphatic carbocycles. The Morgan fingerprint density at radius 1 is 1.62 bits per heavy atom. The fourth-order valence-electron chi connectivity index (χ4n) is 2.50. The van der Waals surface area contributed by atoms with Crippen molar-refractivity contribution in [3.05, 3.63) is 23.3 Å². The first-order valence-corrected chi connectivity index (χ1v) is 6.23. The molecule has 0 saturated carbocycles. The molecule has 0 bridgehead atoms. The Morgan fingerprint density at radius 3 is 2.69 bits per heavy atom. The van der Waals surface area contributed by atoms with Crippen LogP contribution in [0.3, 0.4) is 0 Å². The molecule has 16 heavy (non-hydrogen) atoms.